The first-order chi connectivity index (χ1) is 26.3. The van der Waals surface area contributed by atoms with E-state index >= 15 is 0 Å². The number of benzene rings is 8. The minimum absolute atomic E-state index is 0.902. The van der Waals surface area contributed by atoms with E-state index in [0.29, 0.717) is 0 Å². The molecule has 0 saturated carbocycles. The molecule has 0 N–H and O–H groups in total. The standard InChI is InChI=1S/C50H31NO2/c1-2-10-32(11-3-1)33-22-26-38(27-23-33)51-45-28-24-34(39-14-8-16-43-41-12-4-6-18-47(41)52-49(39)43)30-36(45)20-21-37-31-35(25-29-46(37)51)40-15-9-17-44-42-13-5-7-19-48(42)53-50(40)44/h1-31H. The van der Waals surface area contributed by atoms with Gasteiger partial charge in [-0.3, -0.25) is 0 Å². The molecular formula is C50H31NO2. The highest BCUT2D eigenvalue weighted by Crippen LogP contribution is 2.46. The lowest BCUT2D eigenvalue weighted by molar-refractivity contribution is 0.669. The van der Waals surface area contributed by atoms with Crippen LogP contribution in [0.15, 0.2) is 185 Å². The molecule has 0 atom stereocenters. The summed E-state index contributed by atoms with van der Waals surface area (Å²) in [6.07, 6.45) is 4.50. The summed E-state index contributed by atoms with van der Waals surface area (Å²) in [5.41, 5.74) is 16.0. The highest BCUT2D eigenvalue weighted by Gasteiger charge is 2.23. The summed E-state index contributed by atoms with van der Waals surface area (Å²) in [4.78, 5) is 2.39. The van der Waals surface area contributed by atoms with E-state index < -0.39 is 0 Å². The van der Waals surface area contributed by atoms with Crippen LogP contribution in [0.5, 0.6) is 0 Å². The van der Waals surface area contributed by atoms with Crippen molar-refractivity contribution in [2.45, 2.75) is 0 Å². The third-order valence-corrected chi connectivity index (χ3v) is 10.6. The van der Waals surface area contributed by atoms with Gasteiger partial charge in [0.15, 0.2) is 0 Å². The van der Waals surface area contributed by atoms with Crippen molar-refractivity contribution in [3.63, 3.8) is 0 Å². The average Bonchev–Trinajstić information content (AvgIpc) is 3.75. The monoisotopic (exact) mass is 677 g/mol. The maximum Gasteiger partial charge on any atom is 0.143 e. The first kappa shape index (κ1) is 29.6. The van der Waals surface area contributed by atoms with Crippen molar-refractivity contribution < 1.29 is 8.83 Å². The second-order valence-corrected chi connectivity index (χ2v) is 13.7. The van der Waals surface area contributed by atoms with Gasteiger partial charge in [0.2, 0.25) is 0 Å². The number of anilines is 3. The molecule has 2 aromatic heterocycles. The molecule has 0 saturated heterocycles. The molecule has 3 heterocycles. The summed E-state index contributed by atoms with van der Waals surface area (Å²) in [6.45, 7) is 0. The van der Waals surface area contributed by atoms with Gasteiger partial charge in [0.05, 0.1) is 11.4 Å². The first-order valence-corrected chi connectivity index (χ1v) is 18.0. The van der Waals surface area contributed by atoms with Gasteiger partial charge < -0.3 is 13.7 Å². The van der Waals surface area contributed by atoms with Gasteiger partial charge in [0.1, 0.15) is 22.3 Å². The zero-order chi connectivity index (χ0) is 34.9. The van der Waals surface area contributed by atoms with E-state index in [-0.39, 0.29) is 0 Å². The molecule has 0 spiro atoms. The van der Waals surface area contributed by atoms with E-state index in [4.69, 9.17) is 8.83 Å². The lowest BCUT2D eigenvalue weighted by Gasteiger charge is -2.28. The molecule has 248 valence electrons. The molecule has 10 aromatic rings. The van der Waals surface area contributed by atoms with E-state index in [1.807, 2.05) is 24.3 Å². The topological polar surface area (TPSA) is 29.5 Å². The fourth-order valence-electron chi connectivity index (χ4n) is 8.09. The van der Waals surface area contributed by atoms with E-state index in [2.05, 4.69) is 169 Å². The Morgan fingerprint density at radius 2 is 0.792 bits per heavy atom. The Balaban J connectivity index is 1.08. The van der Waals surface area contributed by atoms with Gasteiger partial charge in [0.25, 0.3) is 0 Å². The predicted molar refractivity (Wildman–Crippen MR) is 221 cm³/mol. The highest BCUT2D eigenvalue weighted by molar-refractivity contribution is 6.11. The number of hydrogen-bond donors (Lipinski definition) is 0. The van der Waals surface area contributed by atoms with Gasteiger partial charge in [0, 0.05) is 38.4 Å². The Labute approximate surface area is 306 Å². The van der Waals surface area contributed by atoms with Gasteiger partial charge in [-0.2, -0.15) is 0 Å². The Hall–Kier alpha value is -7.10. The van der Waals surface area contributed by atoms with Crippen molar-refractivity contribution in [3.8, 4) is 33.4 Å². The number of furan rings is 2. The summed E-state index contributed by atoms with van der Waals surface area (Å²) < 4.78 is 12.9. The number of hydrogen-bond acceptors (Lipinski definition) is 3. The summed E-state index contributed by atoms with van der Waals surface area (Å²) in [5.74, 6) is 0. The number of fused-ring (bicyclic) bond motifs is 8. The Kier molecular flexibility index (Phi) is 6.55. The summed E-state index contributed by atoms with van der Waals surface area (Å²) in [6, 6.07) is 62.4. The molecule has 0 aliphatic carbocycles. The summed E-state index contributed by atoms with van der Waals surface area (Å²) in [5, 5.41) is 4.52. The smallest absolute Gasteiger partial charge is 0.143 e. The molecule has 3 heteroatoms. The lowest BCUT2D eigenvalue weighted by atomic mass is 9.98. The number of nitrogens with zero attached hydrogens (tertiary/aromatic N) is 1. The molecule has 0 bridgehead atoms. The van der Waals surface area contributed by atoms with E-state index in [1.54, 1.807) is 0 Å². The fraction of sp³-hybridized carbons (Fsp3) is 0. The summed E-state index contributed by atoms with van der Waals surface area (Å²) in [7, 11) is 0. The Morgan fingerprint density at radius 3 is 1.34 bits per heavy atom. The van der Waals surface area contributed by atoms with Crippen molar-refractivity contribution in [1.82, 2.24) is 0 Å². The van der Waals surface area contributed by atoms with E-state index in [0.717, 1.165) is 94.3 Å². The molecule has 0 fully saturated rings. The fourth-order valence-corrected chi connectivity index (χ4v) is 8.09. The van der Waals surface area contributed by atoms with Gasteiger partial charge in [-0.15, -0.1) is 0 Å². The van der Waals surface area contributed by atoms with E-state index in [1.165, 1.54) is 11.1 Å². The van der Waals surface area contributed by atoms with Gasteiger partial charge in [-0.1, -0.05) is 140 Å². The minimum Gasteiger partial charge on any atom is -0.455 e. The van der Waals surface area contributed by atoms with Gasteiger partial charge >= 0.3 is 0 Å². The Bertz CT molecular complexity index is 2890. The highest BCUT2D eigenvalue weighted by atomic mass is 16.3. The van der Waals surface area contributed by atoms with Crippen LogP contribution in [0.1, 0.15) is 11.1 Å². The van der Waals surface area contributed by atoms with Crippen LogP contribution in [0.4, 0.5) is 17.1 Å². The average molecular weight is 678 g/mol. The van der Waals surface area contributed by atoms with Gasteiger partial charge in [-0.25, -0.2) is 0 Å². The second-order valence-electron chi connectivity index (χ2n) is 13.7. The third kappa shape index (κ3) is 4.75. The van der Waals surface area contributed by atoms with Crippen LogP contribution in [-0.2, 0) is 0 Å². The van der Waals surface area contributed by atoms with Crippen molar-refractivity contribution in [1.29, 1.82) is 0 Å². The maximum atomic E-state index is 6.46. The van der Waals surface area contributed by atoms with Crippen LogP contribution in [0, 0.1) is 0 Å². The van der Waals surface area contributed by atoms with E-state index in [9.17, 15) is 0 Å². The molecule has 11 rings (SSSR count). The molecule has 53 heavy (non-hydrogen) atoms. The van der Waals surface area contributed by atoms with Crippen molar-refractivity contribution in [3.05, 3.63) is 187 Å². The predicted octanol–water partition coefficient (Wildman–Crippen LogP) is 14.4. The first-order valence-electron chi connectivity index (χ1n) is 18.0. The second kappa shape index (κ2) is 11.7. The third-order valence-electron chi connectivity index (χ3n) is 10.6. The zero-order valence-corrected chi connectivity index (χ0v) is 28.7. The molecule has 0 radical (unpaired) electrons. The zero-order valence-electron chi connectivity index (χ0n) is 28.7. The van der Waals surface area contributed by atoms with Crippen molar-refractivity contribution >= 4 is 73.1 Å². The minimum atomic E-state index is 0.902. The normalized spacial score (nSPS) is 12.4. The van der Waals surface area contributed by atoms with Crippen molar-refractivity contribution in [2.75, 3.05) is 4.90 Å². The largest absolute Gasteiger partial charge is 0.455 e. The quantitative estimate of drug-likeness (QED) is 0.186. The SMILES string of the molecule is C1=Cc2cc(-c3cccc4c3oc3ccccc34)ccc2N(c2ccc(-c3ccccc3)cc2)c2ccc(-c3cccc4c3oc3ccccc34)cc21. The lowest BCUT2D eigenvalue weighted by Crippen LogP contribution is -2.11. The van der Waals surface area contributed by atoms with Gasteiger partial charge in [-0.05, 0) is 81.9 Å². The molecule has 1 aliphatic rings. The van der Waals surface area contributed by atoms with Crippen LogP contribution in [0.3, 0.4) is 0 Å². The number of rotatable bonds is 4. The maximum absolute atomic E-state index is 6.46. The summed E-state index contributed by atoms with van der Waals surface area (Å²) >= 11 is 0. The molecule has 1 aliphatic heterocycles. The molecule has 8 aromatic carbocycles. The van der Waals surface area contributed by atoms with Crippen LogP contribution in [0.2, 0.25) is 0 Å². The Morgan fingerprint density at radius 1 is 0.340 bits per heavy atom. The van der Waals surface area contributed by atoms with Crippen LogP contribution in [0.25, 0.3) is 89.4 Å². The van der Waals surface area contributed by atoms with Crippen molar-refractivity contribution in [2.24, 2.45) is 0 Å². The molecule has 0 unspecified atom stereocenters. The molecule has 0 amide bonds. The van der Waals surface area contributed by atoms with Crippen LogP contribution >= 0.6 is 0 Å². The molecular weight excluding hydrogens is 647 g/mol. The number of para-hydroxylation sites is 4. The van der Waals surface area contributed by atoms with Crippen LogP contribution < -0.4 is 4.90 Å². The molecule has 3 nitrogen and oxygen atoms in total. The van der Waals surface area contributed by atoms with Crippen LogP contribution in [-0.4, -0.2) is 0 Å².